The van der Waals surface area contributed by atoms with Crippen molar-refractivity contribution in [2.75, 3.05) is 18.4 Å². The van der Waals surface area contributed by atoms with E-state index >= 15 is 0 Å². The van der Waals surface area contributed by atoms with Crippen LogP contribution in [0.2, 0.25) is 0 Å². The molecular formula is C14H16N4O2. The van der Waals surface area contributed by atoms with Crippen molar-refractivity contribution in [3.05, 3.63) is 30.7 Å². The zero-order chi connectivity index (χ0) is 13.9. The Bertz CT molecular complexity index is 580. The average molecular weight is 272 g/mol. The largest absolute Gasteiger partial charge is 0.423 e. The van der Waals surface area contributed by atoms with E-state index in [1.165, 1.54) is 6.39 Å². The molecule has 104 valence electrons. The standard InChI is InChI=1S/C14H16N4O2/c1-9-6-15-7-12(9)13(19)17-11-4-2-10(3-5-11)14-18-16-8-20-14/h2-5,8-9,12,15H,6-7H2,1H3,(H,17,19)/t9-,12-/m1/s1. The first-order valence-corrected chi connectivity index (χ1v) is 6.62. The highest BCUT2D eigenvalue weighted by Gasteiger charge is 2.29. The molecule has 0 saturated carbocycles. The smallest absolute Gasteiger partial charge is 0.247 e. The van der Waals surface area contributed by atoms with E-state index in [0.717, 1.165) is 24.3 Å². The van der Waals surface area contributed by atoms with Crippen molar-refractivity contribution in [3.8, 4) is 11.5 Å². The van der Waals surface area contributed by atoms with Crippen LogP contribution >= 0.6 is 0 Å². The van der Waals surface area contributed by atoms with Gasteiger partial charge in [-0.1, -0.05) is 6.92 Å². The maximum Gasteiger partial charge on any atom is 0.247 e. The number of hydrogen-bond donors (Lipinski definition) is 2. The molecule has 3 rings (SSSR count). The summed E-state index contributed by atoms with van der Waals surface area (Å²) in [5.74, 6) is 0.933. The van der Waals surface area contributed by atoms with Crippen molar-refractivity contribution < 1.29 is 9.21 Å². The molecule has 1 aliphatic heterocycles. The molecule has 2 aromatic rings. The second-order valence-corrected chi connectivity index (χ2v) is 5.05. The maximum absolute atomic E-state index is 12.1. The topological polar surface area (TPSA) is 80.0 Å². The number of amides is 1. The minimum atomic E-state index is 0.0330. The number of carbonyl (C=O) groups excluding carboxylic acids is 1. The molecule has 1 fully saturated rings. The zero-order valence-electron chi connectivity index (χ0n) is 11.2. The van der Waals surface area contributed by atoms with Crippen LogP contribution in [0.15, 0.2) is 35.1 Å². The van der Waals surface area contributed by atoms with Crippen LogP contribution in [0, 0.1) is 11.8 Å². The van der Waals surface area contributed by atoms with Gasteiger partial charge in [0.2, 0.25) is 18.2 Å². The summed E-state index contributed by atoms with van der Waals surface area (Å²) < 4.78 is 5.12. The number of benzene rings is 1. The Morgan fingerprint density at radius 1 is 1.35 bits per heavy atom. The molecule has 0 unspecified atom stereocenters. The summed E-state index contributed by atoms with van der Waals surface area (Å²) in [5, 5.41) is 13.6. The molecule has 0 spiro atoms. The van der Waals surface area contributed by atoms with Gasteiger partial charge in [-0.15, -0.1) is 10.2 Å². The fourth-order valence-corrected chi connectivity index (χ4v) is 2.39. The third-order valence-electron chi connectivity index (χ3n) is 3.61. The van der Waals surface area contributed by atoms with Gasteiger partial charge in [-0.25, -0.2) is 0 Å². The van der Waals surface area contributed by atoms with Crippen LogP contribution in [0.4, 0.5) is 5.69 Å². The Hall–Kier alpha value is -2.21. The monoisotopic (exact) mass is 272 g/mol. The highest BCUT2D eigenvalue weighted by atomic mass is 16.4. The molecule has 1 aromatic heterocycles. The lowest BCUT2D eigenvalue weighted by Crippen LogP contribution is -2.27. The van der Waals surface area contributed by atoms with E-state index in [2.05, 4.69) is 27.8 Å². The van der Waals surface area contributed by atoms with Gasteiger partial charge in [-0.2, -0.15) is 0 Å². The SMILES string of the molecule is C[C@@H]1CNC[C@H]1C(=O)Nc1ccc(-c2nnco2)cc1. The lowest BCUT2D eigenvalue weighted by molar-refractivity contribution is -0.120. The molecule has 6 nitrogen and oxygen atoms in total. The summed E-state index contributed by atoms with van der Waals surface area (Å²) in [5.41, 5.74) is 1.61. The predicted octanol–water partition coefficient (Wildman–Crippen LogP) is 1.53. The van der Waals surface area contributed by atoms with Gasteiger partial charge < -0.3 is 15.1 Å². The molecule has 0 aliphatic carbocycles. The fourth-order valence-electron chi connectivity index (χ4n) is 2.39. The van der Waals surface area contributed by atoms with Gasteiger partial charge in [-0.3, -0.25) is 4.79 Å². The predicted molar refractivity (Wildman–Crippen MR) is 73.9 cm³/mol. The molecule has 0 bridgehead atoms. The highest BCUT2D eigenvalue weighted by molar-refractivity contribution is 5.93. The molecule has 1 saturated heterocycles. The number of anilines is 1. The summed E-state index contributed by atoms with van der Waals surface area (Å²) >= 11 is 0. The van der Waals surface area contributed by atoms with Crippen molar-refractivity contribution in [2.45, 2.75) is 6.92 Å². The summed E-state index contributed by atoms with van der Waals surface area (Å²) in [4.78, 5) is 12.1. The van der Waals surface area contributed by atoms with Gasteiger partial charge in [0.15, 0.2) is 0 Å². The molecule has 2 heterocycles. The summed E-state index contributed by atoms with van der Waals surface area (Å²) in [7, 11) is 0. The van der Waals surface area contributed by atoms with Crippen molar-refractivity contribution >= 4 is 11.6 Å². The molecule has 20 heavy (non-hydrogen) atoms. The van der Waals surface area contributed by atoms with E-state index < -0.39 is 0 Å². The van der Waals surface area contributed by atoms with Crippen LogP contribution in [0.3, 0.4) is 0 Å². The van der Waals surface area contributed by atoms with E-state index in [9.17, 15) is 4.79 Å². The number of rotatable bonds is 3. The van der Waals surface area contributed by atoms with Crippen LogP contribution in [0.1, 0.15) is 6.92 Å². The number of nitrogens with one attached hydrogen (secondary N) is 2. The van der Waals surface area contributed by atoms with Crippen LogP contribution < -0.4 is 10.6 Å². The molecular weight excluding hydrogens is 256 g/mol. The lowest BCUT2D eigenvalue weighted by atomic mass is 9.97. The lowest BCUT2D eigenvalue weighted by Gasteiger charge is -2.14. The van der Waals surface area contributed by atoms with Gasteiger partial charge in [-0.05, 0) is 36.7 Å². The average Bonchev–Trinajstić information content (AvgIpc) is 3.10. The van der Waals surface area contributed by atoms with Crippen molar-refractivity contribution in [1.82, 2.24) is 15.5 Å². The molecule has 2 N–H and O–H groups in total. The Morgan fingerprint density at radius 2 is 2.15 bits per heavy atom. The summed E-state index contributed by atoms with van der Waals surface area (Å²) in [6.07, 6.45) is 1.29. The fraction of sp³-hybridized carbons (Fsp3) is 0.357. The van der Waals surface area contributed by atoms with Crippen LogP contribution in [-0.2, 0) is 4.79 Å². The minimum absolute atomic E-state index is 0.0330. The molecule has 6 heteroatoms. The highest BCUT2D eigenvalue weighted by Crippen LogP contribution is 2.21. The van der Waals surface area contributed by atoms with E-state index in [1.807, 2.05) is 24.3 Å². The first kappa shape index (κ1) is 12.8. The van der Waals surface area contributed by atoms with Crippen molar-refractivity contribution in [1.29, 1.82) is 0 Å². The third-order valence-corrected chi connectivity index (χ3v) is 3.61. The second kappa shape index (κ2) is 5.42. The molecule has 1 aromatic carbocycles. The van der Waals surface area contributed by atoms with Gasteiger partial charge in [0.25, 0.3) is 0 Å². The maximum atomic E-state index is 12.1. The second-order valence-electron chi connectivity index (χ2n) is 5.05. The third kappa shape index (κ3) is 2.55. The Balaban J connectivity index is 1.68. The van der Waals surface area contributed by atoms with Gasteiger partial charge >= 0.3 is 0 Å². The van der Waals surface area contributed by atoms with E-state index in [4.69, 9.17) is 4.42 Å². The van der Waals surface area contributed by atoms with Gasteiger partial charge in [0, 0.05) is 17.8 Å². The number of hydrogen-bond acceptors (Lipinski definition) is 5. The normalized spacial score (nSPS) is 21.9. The number of aromatic nitrogens is 2. The van der Waals surface area contributed by atoms with Gasteiger partial charge in [0.1, 0.15) is 0 Å². The quantitative estimate of drug-likeness (QED) is 0.885. The molecule has 2 atom stereocenters. The molecule has 1 aliphatic rings. The van der Waals surface area contributed by atoms with Gasteiger partial charge in [0.05, 0.1) is 5.92 Å². The minimum Gasteiger partial charge on any atom is -0.423 e. The van der Waals surface area contributed by atoms with Crippen LogP contribution in [0.5, 0.6) is 0 Å². The van der Waals surface area contributed by atoms with E-state index in [1.54, 1.807) is 0 Å². The van der Waals surface area contributed by atoms with Crippen molar-refractivity contribution in [3.63, 3.8) is 0 Å². The Morgan fingerprint density at radius 3 is 2.75 bits per heavy atom. The van der Waals surface area contributed by atoms with Crippen LogP contribution in [-0.4, -0.2) is 29.2 Å². The number of carbonyl (C=O) groups is 1. The van der Waals surface area contributed by atoms with Crippen LogP contribution in [0.25, 0.3) is 11.5 Å². The van der Waals surface area contributed by atoms with E-state index in [-0.39, 0.29) is 11.8 Å². The first-order chi connectivity index (χ1) is 9.74. The number of nitrogens with zero attached hydrogens (tertiary/aromatic N) is 2. The molecule has 0 radical (unpaired) electrons. The summed E-state index contributed by atoms with van der Waals surface area (Å²) in [6.45, 7) is 3.73. The molecule has 1 amide bonds. The van der Waals surface area contributed by atoms with E-state index in [0.29, 0.717) is 11.8 Å². The summed E-state index contributed by atoms with van der Waals surface area (Å²) in [6, 6.07) is 7.37. The first-order valence-electron chi connectivity index (χ1n) is 6.62. The Kier molecular flexibility index (Phi) is 3.47. The Labute approximate surface area is 116 Å². The van der Waals surface area contributed by atoms with Crippen molar-refractivity contribution in [2.24, 2.45) is 11.8 Å². The zero-order valence-corrected chi connectivity index (χ0v) is 11.2.